The van der Waals surface area contributed by atoms with Gasteiger partial charge in [-0.1, -0.05) is 13.8 Å². The second-order valence-corrected chi connectivity index (χ2v) is 8.26. The molecule has 0 spiro atoms. The van der Waals surface area contributed by atoms with Crippen molar-refractivity contribution < 1.29 is 18.1 Å². The lowest BCUT2D eigenvalue weighted by atomic mass is 10.1. The number of sulfonamides is 1. The molecule has 0 aromatic heterocycles. The molecule has 10 nitrogen and oxygen atoms in total. The third kappa shape index (κ3) is 4.84. The summed E-state index contributed by atoms with van der Waals surface area (Å²) in [7, 11) is -3.80. The van der Waals surface area contributed by atoms with Crippen LogP contribution in [0.25, 0.3) is 0 Å². The number of benzene rings is 1. The summed E-state index contributed by atoms with van der Waals surface area (Å²) >= 11 is 0. The number of nitrogens with zero attached hydrogens (tertiary/aromatic N) is 4. The Hall–Kier alpha value is -2.53. The molecule has 0 unspecified atom stereocenters. The van der Waals surface area contributed by atoms with Crippen molar-refractivity contribution in [3.05, 3.63) is 28.3 Å². The molecule has 0 radical (unpaired) electrons. The van der Waals surface area contributed by atoms with E-state index in [0.717, 1.165) is 11.8 Å². The first-order valence-corrected chi connectivity index (χ1v) is 10.5. The smallest absolute Gasteiger partial charge is 0.295 e. The highest BCUT2D eigenvalue weighted by Gasteiger charge is 2.26. The van der Waals surface area contributed by atoms with Crippen LogP contribution < -0.4 is 5.43 Å². The fraction of sp³-hybridized carbons (Fsp3) is 0.529. The van der Waals surface area contributed by atoms with Gasteiger partial charge in [0, 0.05) is 57.7 Å². The predicted molar refractivity (Wildman–Crippen MR) is 106 cm³/mol. The summed E-state index contributed by atoms with van der Waals surface area (Å²) in [6.45, 7) is 6.59. The van der Waals surface area contributed by atoms with Gasteiger partial charge >= 0.3 is 0 Å². The second kappa shape index (κ2) is 9.11. The first-order valence-electron chi connectivity index (χ1n) is 9.06. The topological polar surface area (TPSA) is 125 Å². The van der Waals surface area contributed by atoms with E-state index in [1.54, 1.807) is 18.7 Å². The predicted octanol–water partition coefficient (Wildman–Crippen LogP) is 2.04. The number of rotatable bonds is 7. The summed E-state index contributed by atoms with van der Waals surface area (Å²) in [5.41, 5.74) is 3.23. The van der Waals surface area contributed by atoms with E-state index < -0.39 is 14.9 Å². The summed E-state index contributed by atoms with van der Waals surface area (Å²) in [6.07, 6.45) is 1.16. The van der Waals surface area contributed by atoms with Crippen molar-refractivity contribution in [2.24, 2.45) is 5.10 Å². The lowest BCUT2D eigenvalue weighted by Crippen LogP contribution is -2.37. The second-order valence-electron chi connectivity index (χ2n) is 6.32. The molecule has 1 aromatic rings. The molecule has 1 heterocycles. The van der Waals surface area contributed by atoms with Crippen LogP contribution in [-0.4, -0.2) is 60.3 Å². The third-order valence-electron chi connectivity index (χ3n) is 4.63. The molecular weight excluding hydrogens is 386 g/mol. The zero-order valence-corrected chi connectivity index (χ0v) is 17.0. The molecule has 0 aliphatic carbocycles. The Morgan fingerprint density at radius 2 is 1.89 bits per heavy atom. The summed E-state index contributed by atoms with van der Waals surface area (Å²) in [5, 5.41) is 15.7. The number of nitro groups is 1. The van der Waals surface area contributed by atoms with Gasteiger partial charge in [-0.05, 0) is 12.1 Å². The van der Waals surface area contributed by atoms with Gasteiger partial charge in [0.2, 0.25) is 15.9 Å². The lowest BCUT2D eigenvalue weighted by molar-refractivity contribution is -0.384. The molecule has 1 aliphatic rings. The fourth-order valence-electron chi connectivity index (χ4n) is 2.96. The Morgan fingerprint density at radius 3 is 2.39 bits per heavy atom. The van der Waals surface area contributed by atoms with Gasteiger partial charge in [0.25, 0.3) is 5.69 Å². The van der Waals surface area contributed by atoms with Gasteiger partial charge in [-0.2, -0.15) is 9.41 Å². The number of nitro benzene ring substituents is 1. The number of carbonyl (C=O) groups excluding carboxylic acids is 1. The van der Waals surface area contributed by atoms with E-state index >= 15 is 0 Å². The number of nitrogens with one attached hydrogen (secondary N) is 1. The fourth-order valence-corrected chi connectivity index (χ4v) is 4.44. The van der Waals surface area contributed by atoms with Crippen molar-refractivity contribution in [2.45, 2.75) is 38.5 Å². The summed E-state index contributed by atoms with van der Waals surface area (Å²) in [6, 6.07) is 3.74. The molecule has 154 valence electrons. The van der Waals surface area contributed by atoms with Crippen molar-refractivity contribution in [3.8, 4) is 0 Å². The summed E-state index contributed by atoms with van der Waals surface area (Å²) in [4.78, 5) is 23.7. The van der Waals surface area contributed by atoms with Crippen molar-refractivity contribution in [2.75, 3.05) is 31.6 Å². The molecule has 11 heteroatoms. The van der Waals surface area contributed by atoms with Gasteiger partial charge in [-0.15, -0.1) is 0 Å². The molecule has 28 heavy (non-hydrogen) atoms. The van der Waals surface area contributed by atoms with Crippen LogP contribution in [0.1, 0.15) is 33.6 Å². The Bertz CT molecular complexity index is 870. The molecule has 1 fully saturated rings. The maximum Gasteiger partial charge on any atom is 0.295 e. The van der Waals surface area contributed by atoms with Gasteiger partial charge in [-0.3, -0.25) is 20.3 Å². The standard InChI is InChI=1S/C17H25N5O5S/c1-4-21(5-2)28(26,27)15-6-7-16(17(12-15)22(24)25)19-18-14-8-10-20(11-9-14)13(3)23/h6-7,12,19H,4-5,8-11H2,1-3H3. The largest absolute Gasteiger partial charge is 0.342 e. The van der Waals surface area contributed by atoms with E-state index in [-0.39, 0.29) is 35.3 Å². The minimum absolute atomic E-state index is 0.00708. The van der Waals surface area contributed by atoms with Crippen molar-refractivity contribution in [1.29, 1.82) is 0 Å². The Kier molecular flexibility index (Phi) is 7.08. The zero-order chi connectivity index (χ0) is 20.9. The molecule has 1 saturated heterocycles. The number of anilines is 1. The molecule has 1 aliphatic heterocycles. The number of hydrogen-bond acceptors (Lipinski definition) is 7. The monoisotopic (exact) mass is 411 g/mol. The molecule has 0 saturated carbocycles. The first-order chi connectivity index (χ1) is 13.2. The van der Waals surface area contributed by atoms with Gasteiger partial charge in [-0.25, -0.2) is 8.42 Å². The SMILES string of the molecule is CCN(CC)S(=O)(=O)c1ccc(NN=C2CCN(C(C)=O)CC2)c([N+](=O)[O-])c1. The number of piperidine rings is 1. The van der Waals surface area contributed by atoms with E-state index in [2.05, 4.69) is 10.5 Å². The van der Waals surface area contributed by atoms with Crippen molar-refractivity contribution >= 4 is 33.0 Å². The van der Waals surface area contributed by atoms with Crippen LogP contribution in [0.5, 0.6) is 0 Å². The molecular formula is C17H25N5O5S. The number of hydrogen-bond donors (Lipinski definition) is 1. The van der Waals surface area contributed by atoms with Gasteiger partial charge in [0.15, 0.2) is 0 Å². The summed E-state index contributed by atoms with van der Waals surface area (Å²) < 4.78 is 26.4. The van der Waals surface area contributed by atoms with Crippen LogP contribution in [0.2, 0.25) is 0 Å². The average Bonchev–Trinajstić information content (AvgIpc) is 2.67. The van der Waals surface area contributed by atoms with Crippen molar-refractivity contribution in [3.63, 3.8) is 0 Å². The highest BCUT2D eigenvalue weighted by Crippen LogP contribution is 2.29. The highest BCUT2D eigenvalue weighted by molar-refractivity contribution is 7.89. The van der Waals surface area contributed by atoms with Gasteiger partial charge in [0.05, 0.1) is 9.82 Å². The normalized spacial score (nSPS) is 14.9. The van der Waals surface area contributed by atoms with E-state index in [0.29, 0.717) is 25.9 Å². The van der Waals surface area contributed by atoms with Gasteiger partial charge < -0.3 is 4.90 Å². The Balaban J connectivity index is 2.24. The van der Waals surface area contributed by atoms with Crippen LogP contribution in [-0.2, 0) is 14.8 Å². The lowest BCUT2D eigenvalue weighted by Gasteiger charge is -2.26. The number of likely N-dealkylation sites (tertiary alicyclic amines) is 1. The highest BCUT2D eigenvalue weighted by atomic mass is 32.2. The van der Waals surface area contributed by atoms with Crippen LogP contribution in [0.4, 0.5) is 11.4 Å². The molecule has 1 amide bonds. The quantitative estimate of drug-likeness (QED) is 0.541. The van der Waals surface area contributed by atoms with Gasteiger partial charge in [0.1, 0.15) is 5.69 Å². The van der Waals surface area contributed by atoms with Crippen LogP contribution in [0.15, 0.2) is 28.2 Å². The maximum absolute atomic E-state index is 12.6. The van der Waals surface area contributed by atoms with Crippen molar-refractivity contribution in [1.82, 2.24) is 9.21 Å². The number of amides is 1. The van der Waals surface area contributed by atoms with E-state index in [1.807, 2.05) is 0 Å². The van der Waals surface area contributed by atoms with E-state index in [9.17, 15) is 23.3 Å². The Morgan fingerprint density at radius 1 is 1.29 bits per heavy atom. The molecule has 0 bridgehead atoms. The summed E-state index contributed by atoms with van der Waals surface area (Å²) in [5.74, 6) is 0.00708. The molecule has 0 atom stereocenters. The first kappa shape index (κ1) is 21.8. The minimum atomic E-state index is -3.80. The van der Waals surface area contributed by atoms with E-state index in [4.69, 9.17) is 0 Å². The average molecular weight is 411 g/mol. The minimum Gasteiger partial charge on any atom is -0.342 e. The molecule has 1 N–H and O–H groups in total. The van der Waals surface area contributed by atoms with Crippen LogP contribution in [0, 0.1) is 10.1 Å². The Labute approximate surface area is 164 Å². The molecule has 2 rings (SSSR count). The zero-order valence-electron chi connectivity index (χ0n) is 16.2. The number of hydrazone groups is 1. The molecule has 1 aromatic carbocycles. The van der Waals surface area contributed by atoms with Crippen LogP contribution >= 0.6 is 0 Å². The van der Waals surface area contributed by atoms with Crippen LogP contribution in [0.3, 0.4) is 0 Å². The van der Waals surface area contributed by atoms with E-state index in [1.165, 1.54) is 23.4 Å². The third-order valence-corrected chi connectivity index (χ3v) is 6.68. The maximum atomic E-state index is 12.6. The number of carbonyl (C=O) groups is 1.